The van der Waals surface area contributed by atoms with Crippen molar-refractivity contribution in [1.82, 2.24) is 4.98 Å². The van der Waals surface area contributed by atoms with Crippen molar-refractivity contribution in [2.75, 3.05) is 0 Å². The normalized spacial score (nSPS) is 10.0. The summed E-state index contributed by atoms with van der Waals surface area (Å²) in [6.07, 6.45) is 2.64. The van der Waals surface area contributed by atoms with E-state index in [1.807, 2.05) is 13.0 Å². The molecule has 0 radical (unpaired) electrons. The van der Waals surface area contributed by atoms with Crippen molar-refractivity contribution < 1.29 is 0 Å². The van der Waals surface area contributed by atoms with E-state index in [1.165, 1.54) is 0 Å². The molecular weight excluding hydrogens is 140 g/mol. The molecule has 0 bridgehead atoms. The highest BCUT2D eigenvalue weighted by molar-refractivity contribution is 5.17. The van der Waals surface area contributed by atoms with E-state index in [0.29, 0.717) is 12.1 Å². The number of pyridine rings is 1. The maximum atomic E-state index is 11.0. The van der Waals surface area contributed by atoms with E-state index < -0.39 is 0 Å². The lowest BCUT2D eigenvalue weighted by Crippen LogP contribution is -2.15. The summed E-state index contributed by atoms with van der Waals surface area (Å²) in [6, 6.07) is 1.85. The van der Waals surface area contributed by atoms with Crippen molar-refractivity contribution in [3.8, 4) is 0 Å². The molecule has 0 unspecified atom stereocenters. The summed E-state index contributed by atoms with van der Waals surface area (Å²) in [4.78, 5) is 13.6. The molecular formula is C8H12N2O. The minimum absolute atomic E-state index is 0.0790. The Morgan fingerprint density at radius 2 is 2.36 bits per heavy atom. The zero-order valence-electron chi connectivity index (χ0n) is 6.55. The Morgan fingerprint density at radius 3 is 2.91 bits per heavy atom. The highest BCUT2D eigenvalue weighted by Gasteiger charge is 1.96. The van der Waals surface area contributed by atoms with E-state index in [-0.39, 0.29) is 5.56 Å². The summed E-state index contributed by atoms with van der Waals surface area (Å²) >= 11 is 0. The van der Waals surface area contributed by atoms with Crippen LogP contribution in [0.4, 0.5) is 0 Å². The quantitative estimate of drug-likeness (QED) is 0.644. The summed E-state index contributed by atoms with van der Waals surface area (Å²) in [5.74, 6) is 0. The standard InChI is InChI=1S/C8H12N2O/c1-2-6-3-7(4-9)8(11)10-5-6/h3,5H,2,4,9H2,1H3,(H,10,11). The SMILES string of the molecule is CCc1c[nH]c(=O)c(CN)c1. The van der Waals surface area contributed by atoms with Gasteiger partial charge in [-0.3, -0.25) is 4.79 Å². The number of hydrogen-bond acceptors (Lipinski definition) is 2. The highest BCUT2D eigenvalue weighted by atomic mass is 16.1. The lowest BCUT2D eigenvalue weighted by Gasteiger charge is -1.98. The Labute approximate surface area is 65.2 Å². The van der Waals surface area contributed by atoms with Gasteiger partial charge in [0.25, 0.3) is 5.56 Å². The van der Waals surface area contributed by atoms with Crippen molar-refractivity contribution in [2.45, 2.75) is 19.9 Å². The van der Waals surface area contributed by atoms with Gasteiger partial charge in [-0.2, -0.15) is 0 Å². The third-order valence-electron chi connectivity index (χ3n) is 1.67. The molecule has 3 heteroatoms. The van der Waals surface area contributed by atoms with Crippen LogP contribution < -0.4 is 11.3 Å². The van der Waals surface area contributed by atoms with E-state index in [0.717, 1.165) is 12.0 Å². The first-order valence-corrected chi connectivity index (χ1v) is 3.68. The van der Waals surface area contributed by atoms with Gasteiger partial charge in [-0.1, -0.05) is 6.92 Å². The molecule has 60 valence electrons. The zero-order valence-corrected chi connectivity index (χ0v) is 6.55. The molecule has 11 heavy (non-hydrogen) atoms. The number of H-pyrrole nitrogens is 1. The number of aryl methyl sites for hydroxylation is 1. The van der Waals surface area contributed by atoms with Gasteiger partial charge in [0.05, 0.1) is 0 Å². The Morgan fingerprint density at radius 1 is 1.64 bits per heavy atom. The number of aromatic nitrogens is 1. The summed E-state index contributed by atoms with van der Waals surface area (Å²) < 4.78 is 0. The van der Waals surface area contributed by atoms with Crippen LogP contribution in [-0.4, -0.2) is 4.98 Å². The summed E-state index contributed by atoms with van der Waals surface area (Å²) in [6.45, 7) is 2.34. The monoisotopic (exact) mass is 152 g/mol. The molecule has 0 atom stereocenters. The number of rotatable bonds is 2. The molecule has 0 saturated carbocycles. The lowest BCUT2D eigenvalue weighted by molar-refractivity contribution is 0.984. The fourth-order valence-corrected chi connectivity index (χ4v) is 0.938. The summed E-state index contributed by atoms with van der Waals surface area (Å²) in [7, 11) is 0. The Kier molecular flexibility index (Phi) is 2.44. The summed E-state index contributed by atoms with van der Waals surface area (Å²) in [5.41, 5.74) is 7.05. The second-order valence-corrected chi connectivity index (χ2v) is 2.42. The van der Waals surface area contributed by atoms with Gasteiger partial charge >= 0.3 is 0 Å². The molecule has 0 fully saturated rings. The smallest absolute Gasteiger partial charge is 0.252 e. The van der Waals surface area contributed by atoms with Gasteiger partial charge in [0, 0.05) is 18.3 Å². The topological polar surface area (TPSA) is 58.9 Å². The number of aromatic amines is 1. The highest BCUT2D eigenvalue weighted by Crippen LogP contribution is 1.97. The fraction of sp³-hybridized carbons (Fsp3) is 0.375. The minimum atomic E-state index is -0.0790. The predicted octanol–water partition coefficient (Wildman–Crippen LogP) is 0.396. The van der Waals surface area contributed by atoms with Crippen LogP contribution in [0.5, 0.6) is 0 Å². The molecule has 0 aromatic carbocycles. The van der Waals surface area contributed by atoms with Gasteiger partial charge in [-0.25, -0.2) is 0 Å². The number of nitrogens with one attached hydrogen (secondary N) is 1. The molecule has 0 saturated heterocycles. The van der Waals surface area contributed by atoms with Crippen LogP contribution in [0, 0.1) is 0 Å². The van der Waals surface area contributed by atoms with Crippen molar-refractivity contribution in [3.63, 3.8) is 0 Å². The van der Waals surface area contributed by atoms with E-state index in [1.54, 1.807) is 6.20 Å². The van der Waals surface area contributed by atoms with E-state index in [9.17, 15) is 4.79 Å². The van der Waals surface area contributed by atoms with Crippen molar-refractivity contribution >= 4 is 0 Å². The van der Waals surface area contributed by atoms with Crippen LogP contribution in [0.1, 0.15) is 18.1 Å². The molecule has 0 aliphatic heterocycles. The van der Waals surface area contributed by atoms with Crippen LogP contribution in [0.2, 0.25) is 0 Å². The molecule has 0 aliphatic carbocycles. The number of nitrogens with two attached hydrogens (primary N) is 1. The average molecular weight is 152 g/mol. The Balaban J connectivity index is 3.13. The second kappa shape index (κ2) is 3.34. The molecule has 1 aromatic heterocycles. The molecule has 1 rings (SSSR count). The van der Waals surface area contributed by atoms with Crippen molar-refractivity contribution in [3.05, 3.63) is 33.7 Å². The molecule has 0 amide bonds. The molecule has 3 N–H and O–H groups in total. The van der Waals surface area contributed by atoms with Crippen LogP contribution in [0.25, 0.3) is 0 Å². The van der Waals surface area contributed by atoms with Crippen LogP contribution in [0.3, 0.4) is 0 Å². The maximum absolute atomic E-state index is 11.0. The zero-order chi connectivity index (χ0) is 8.27. The maximum Gasteiger partial charge on any atom is 0.252 e. The second-order valence-electron chi connectivity index (χ2n) is 2.42. The van der Waals surface area contributed by atoms with Gasteiger partial charge in [-0.15, -0.1) is 0 Å². The fourth-order valence-electron chi connectivity index (χ4n) is 0.938. The average Bonchev–Trinajstić information content (AvgIpc) is 2.05. The van der Waals surface area contributed by atoms with Crippen LogP contribution >= 0.6 is 0 Å². The van der Waals surface area contributed by atoms with Gasteiger partial charge in [0.2, 0.25) is 0 Å². The minimum Gasteiger partial charge on any atom is -0.329 e. The molecule has 3 nitrogen and oxygen atoms in total. The van der Waals surface area contributed by atoms with E-state index in [4.69, 9.17) is 5.73 Å². The first-order valence-electron chi connectivity index (χ1n) is 3.68. The van der Waals surface area contributed by atoms with Gasteiger partial charge < -0.3 is 10.7 Å². The Bertz CT molecular complexity index is 290. The van der Waals surface area contributed by atoms with Crippen LogP contribution in [0.15, 0.2) is 17.1 Å². The first-order chi connectivity index (χ1) is 5.27. The third-order valence-corrected chi connectivity index (χ3v) is 1.67. The predicted molar refractivity (Wildman–Crippen MR) is 44.3 cm³/mol. The van der Waals surface area contributed by atoms with E-state index >= 15 is 0 Å². The van der Waals surface area contributed by atoms with Gasteiger partial charge in [0.1, 0.15) is 0 Å². The first kappa shape index (κ1) is 8.01. The number of hydrogen-bond donors (Lipinski definition) is 2. The van der Waals surface area contributed by atoms with Gasteiger partial charge in [-0.05, 0) is 18.1 Å². The van der Waals surface area contributed by atoms with Crippen molar-refractivity contribution in [2.24, 2.45) is 5.73 Å². The van der Waals surface area contributed by atoms with E-state index in [2.05, 4.69) is 4.98 Å². The Hall–Kier alpha value is -1.09. The molecule has 0 spiro atoms. The third kappa shape index (κ3) is 1.68. The van der Waals surface area contributed by atoms with Crippen molar-refractivity contribution in [1.29, 1.82) is 0 Å². The van der Waals surface area contributed by atoms with Gasteiger partial charge in [0.15, 0.2) is 0 Å². The lowest BCUT2D eigenvalue weighted by atomic mass is 10.2. The summed E-state index contributed by atoms with van der Waals surface area (Å²) in [5, 5.41) is 0. The molecule has 0 aliphatic rings. The molecule has 1 heterocycles. The molecule has 1 aromatic rings. The van der Waals surface area contributed by atoms with Crippen LogP contribution in [-0.2, 0) is 13.0 Å². The largest absolute Gasteiger partial charge is 0.329 e.